The lowest BCUT2D eigenvalue weighted by molar-refractivity contribution is -0.117. The van der Waals surface area contributed by atoms with Gasteiger partial charge < -0.3 is 10.6 Å². The number of anilines is 1. The second-order valence-electron chi connectivity index (χ2n) is 7.03. The maximum absolute atomic E-state index is 12.4. The summed E-state index contributed by atoms with van der Waals surface area (Å²) >= 11 is 1.54. The average molecular weight is 428 g/mol. The minimum atomic E-state index is -0.221. The van der Waals surface area contributed by atoms with Crippen LogP contribution in [0.15, 0.2) is 84.9 Å². The number of carbonyl (C=O) groups is 2. The fourth-order valence-corrected chi connectivity index (χ4v) is 4.00. The number of amides is 2. The molecule has 1 unspecified atom stereocenters. The van der Waals surface area contributed by atoms with Crippen molar-refractivity contribution in [2.24, 2.45) is 0 Å². The molecule has 2 N–H and O–H groups in total. The Morgan fingerprint density at radius 3 is 2.55 bits per heavy atom. The molecule has 0 aliphatic rings. The van der Waals surface area contributed by atoms with Crippen LogP contribution in [-0.2, 0) is 4.79 Å². The molecule has 0 aliphatic carbocycles. The van der Waals surface area contributed by atoms with Crippen molar-refractivity contribution < 1.29 is 9.59 Å². The lowest BCUT2D eigenvalue weighted by Crippen LogP contribution is -2.24. The summed E-state index contributed by atoms with van der Waals surface area (Å²) < 4.78 is 1.09. The van der Waals surface area contributed by atoms with Crippen LogP contribution < -0.4 is 10.6 Å². The Morgan fingerprint density at radius 1 is 0.968 bits per heavy atom. The van der Waals surface area contributed by atoms with Crippen molar-refractivity contribution in [1.29, 1.82) is 0 Å². The zero-order valence-corrected chi connectivity index (χ0v) is 17.7. The van der Waals surface area contributed by atoms with Gasteiger partial charge in [-0.1, -0.05) is 42.5 Å². The van der Waals surface area contributed by atoms with E-state index < -0.39 is 0 Å². The molecule has 31 heavy (non-hydrogen) atoms. The number of benzene rings is 3. The molecule has 2 amide bonds. The zero-order chi connectivity index (χ0) is 21.6. The third kappa shape index (κ3) is 5.24. The number of nitrogens with one attached hydrogen (secondary N) is 2. The van der Waals surface area contributed by atoms with Gasteiger partial charge in [-0.05, 0) is 55.0 Å². The number of nitrogens with zero attached hydrogens (tertiary/aromatic N) is 1. The van der Waals surface area contributed by atoms with E-state index in [1.54, 1.807) is 29.5 Å². The third-order valence-electron chi connectivity index (χ3n) is 4.73. The number of carbonyl (C=O) groups excluding carboxylic acids is 2. The van der Waals surface area contributed by atoms with Crippen LogP contribution in [0, 0.1) is 0 Å². The van der Waals surface area contributed by atoms with Crippen LogP contribution in [0.1, 0.15) is 33.9 Å². The van der Waals surface area contributed by atoms with Crippen LogP contribution in [-0.4, -0.2) is 16.8 Å². The van der Waals surface area contributed by atoms with Crippen molar-refractivity contribution in [3.63, 3.8) is 0 Å². The summed E-state index contributed by atoms with van der Waals surface area (Å²) in [6.07, 6.45) is 3.22. The first-order valence-corrected chi connectivity index (χ1v) is 10.7. The van der Waals surface area contributed by atoms with Gasteiger partial charge in [-0.25, -0.2) is 4.98 Å². The van der Waals surface area contributed by atoms with Gasteiger partial charge in [0.2, 0.25) is 5.91 Å². The molecule has 3 aromatic carbocycles. The van der Waals surface area contributed by atoms with Crippen LogP contribution in [0.5, 0.6) is 0 Å². The van der Waals surface area contributed by atoms with Gasteiger partial charge in [0.1, 0.15) is 5.01 Å². The minimum Gasteiger partial charge on any atom is -0.346 e. The SMILES string of the molecule is CC(NC(=O)/C=C/c1nc2ccccc2s1)c1cccc(NC(=O)c2ccccc2)c1. The molecule has 5 nitrogen and oxygen atoms in total. The molecular weight excluding hydrogens is 406 g/mol. The molecule has 0 radical (unpaired) electrons. The van der Waals surface area contributed by atoms with Gasteiger partial charge in [0, 0.05) is 17.3 Å². The molecule has 4 rings (SSSR count). The Bertz CT molecular complexity index is 1210. The molecule has 0 bridgehead atoms. The Labute approximate surface area is 184 Å². The molecule has 1 atom stereocenters. The summed E-state index contributed by atoms with van der Waals surface area (Å²) in [5, 5.41) is 6.63. The number of para-hydroxylation sites is 1. The summed E-state index contributed by atoms with van der Waals surface area (Å²) in [5.74, 6) is -0.376. The summed E-state index contributed by atoms with van der Waals surface area (Å²) in [5.41, 5.74) is 3.09. The second-order valence-corrected chi connectivity index (χ2v) is 8.09. The van der Waals surface area contributed by atoms with Crippen LogP contribution in [0.2, 0.25) is 0 Å². The van der Waals surface area contributed by atoms with Gasteiger partial charge in [-0.3, -0.25) is 9.59 Å². The standard InChI is InChI=1S/C25H21N3O2S/c1-17(26-23(29)14-15-24-28-21-12-5-6-13-22(21)31-24)19-10-7-11-20(16-19)27-25(30)18-8-3-2-4-9-18/h2-17H,1H3,(H,26,29)(H,27,30)/b15-14+. The fourth-order valence-electron chi connectivity index (χ4n) is 3.13. The number of fused-ring (bicyclic) bond motifs is 1. The molecule has 0 fully saturated rings. The Morgan fingerprint density at radius 2 is 1.74 bits per heavy atom. The molecule has 154 valence electrons. The maximum Gasteiger partial charge on any atom is 0.255 e. The van der Waals surface area contributed by atoms with E-state index in [2.05, 4.69) is 15.6 Å². The van der Waals surface area contributed by atoms with Gasteiger partial charge in [0.05, 0.1) is 16.3 Å². The third-order valence-corrected chi connectivity index (χ3v) is 5.73. The number of hydrogen-bond acceptors (Lipinski definition) is 4. The predicted molar refractivity (Wildman–Crippen MR) is 126 cm³/mol. The zero-order valence-electron chi connectivity index (χ0n) is 16.9. The normalized spacial score (nSPS) is 12.0. The van der Waals surface area contributed by atoms with E-state index >= 15 is 0 Å². The molecule has 0 spiro atoms. The smallest absolute Gasteiger partial charge is 0.255 e. The van der Waals surface area contributed by atoms with E-state index in [1.807, 2.05) is 73.7 Å². The van der Waals surface area contributed by atoms with E-state index in [0.29, 0.717) is 11.3 Å². The summed E-state index contributed by atoms with van der Waals surface area (Å²) in [4.78, 5) is 29.2. The largest absolute Gasteiger partial charge is 0.346 e. The van der Waals surface area contributed by atoms with E-state index in [1.165, 1.54) is 6.08 Å². The van der Waals surface area contributed by atoms with Crippen LogP contribution >= 0.6 is 11.3 Å². The predicted octanol–water partition coefficient (Wildman–Crippen LogP) is 5.44. The highest BCUT2D eigenvalue weighted by atomic mass is 32.1. The first-order valence-electron chi connectivity index (χ1n) is 9.89. The van der Waals surface area contributed by atoms with Gasteiger partial charge >= 0.3 is 0 Å². The lowest BCUT2D eigenvalue weighted by atomic mass is 10.1. The first-order chi connectivity index (χ1) is 15.1. The van der Waals surface area contributed by atoms with Crippen molar-refractivity contribution in [2.75, 3.05) is 5.32 Å². The van der Waals surface area contributed by atoms with Crippen molar-refractivity contribution in [1.82, 2.24) is 10.3 Å². The number of aromatic nitrogens is 1. The highest BCUT2D eigenvalue weighted by Gasteiger charge is 2.10. The Balaban J connectivity index is 1.38. The van der Waals surface area contributed by atoms with E-state index in [9.17, 15) is 9.59 Å². The number of hydrogen-bond donors (Lipinski definition) is 2. The quantitative estimate of drug-likeness (QED) is 0.403. The van der Waals surface area contributed by atoms with Crippen LogP contribution in [0.4, 0.5) is 5.69 Å². The van der Waals surface area contributed by atoms with Crippen molar-refractivity contribution in [3.8, 4) is 0 Å². The van der Waals surface area contributed by atoms with Crippen LogP contribution in [0.25, 0.3) is 16.3 Å². The van der Waals surface area contributed by atoms with Gasteiger partial charge in [-0.15, -0.1) is 11.3 Å². The van der Waals surface area contributed by atoms with Gasteiger partial charge in [0.25, 0.3) is 5.91 Å². The molecule has 6 heteroatoms. The maximum atomic E-state index is 12.4. The molecular formula is C25H21N3O2S. The fraction of sp³-hybridized carbons (Fsp3) is 0.0800. The number of rotatable bonds is 6. The molecule has 1 aromatic heterocycles. The number of thiazole rings is 1. The molecule has 1 heterocycles. The molecule has 0 aliphatic heterocycles. The Kier molecular flexibility index (Phi) is 6.19. The highest BCUT2D eigenvalue weighted by Crippen LogP contribution is 2.22. The van der Waals surface area contributed by atoms with Gasteiger partial charge in [0.15, 0.2) is 0 Å². The van der Waals surface area contributed by atoms with Crippen molar-refractivity contribution in [2.45, 2.75) is 13.0 Å². The minimum absolute atomic E-state index is 0.173. The van der Waals surface area contributed by atoms with E-state index in [-0.39, 0.29) is 17.9 Å². The molecule has 4 aromatic rings. The van der Waals surface area contributed by atoms with Crippen molar-refractivity contribution in [3.05, 3.63) is 101 Å². The van der Waals surface area contributed by atoms with E-state index in [4.69, 9.17) is 0 Å². The molecule has 0 saturated heterocycles. The molecule has 0 saturated carbocycles. The average Bonchev–Trinajstić information content (AvgIpc) is 3.21. The topological polar surface area (TPSA) is 71.1 Å². The summed E-state index contributed by atoms with van der Waals surface area (Å²) in [6.45, 7) is 1.90. The summed E-state index contributed by atoms with van der Waals surface area (Å²) in [7, 11) is 0. The van der Waals surface area contributed by atoms with Crippen molar-refractivity contribution >= 4 is 45.1 Å². The monoisotopic (exact) mass is 427 g/mol. The second kappa shape index (κ2) is 9.36. The Hall–Kier alpha value is -3.77. The van der Waals surface area contributed by atoms with Gasteiger partial charge in [-0.2, -0.15) is 0 Å². The van der Waals surface area contributed by atoms with Crippen LogP contribution in [0.3, 0.4) is 0 Å². The lowest BCUT2D eigenvalue weighted by Gasteiger charge is -2.14. The first kappa shape index (κ1) is 20.5. The van der Waals surface area contributed by atoms with E-state index in [0.717, 1.165) is 20.8 Å². The highest BCUT2D eigenvalue weighted by molar-refractivity contribution is 7.19. The summed E-state index contributed by atoms with van der Waals surface area (Å²) in [6, 6.07) is 24.2.